The fourth-order valence-electron chi connectivity index (χ4n) is 0.648. The summed E-state index contributed by atoms with van der Waals surface area (Å²) in [6, 6.07) is 0. The zero-order chi connectivity index (χ0) is 8.53. The van der Waals surface area contributed by atoms with Crippen molar-refractivity contribution in [3.8, 4) is 0 Å². The molecule has 0 aliphatic heterocycles. The molecule has 11 heavy (non-hydrogen) atoms. The Morgan fingerprint density at radius 3 is 2.73 bits per heavy atom. The van der Waals surface area contributed by atoms with Gasteiger partial charge in [0, 0.05) is 0 Å². The molecule has 3 nitrogen and oxygen atoms in total. The number of hydrogen-bond acceptors (Lipinski definition) is 3. The summed E-state index contributed by atoms with van der Waals surface area (Å²) in [6.07, 6.45) is 4.26. The standard InChI is InChI=1S/C8H13O3/c1-2-3-4-7-11-8(10)5-6-9/h2-5,7H2,1H3. The van der Waals surface area contributed by atoms with Crippen LogP contribution in [0.15, 0.2) is 0 Å². The van der Waals surface area contributed by atoms with Gasteiger partial charge in [-0.3, -0.25) is 9.59 Å². The topological polar surface area (TPSA) is 43.4 Å². The maximum absolute atomic E-state index is 10.5. The summed E-state index contributed by atoms with van der Waals surface area (Å²) in [5, 5.41) is 0. The van der Waals surface area contributed by atoms with Gasteiger partial charge < -0.3 is 4.74 Å². The van der Waals surface area contributed by atoms with Crippen LogP contribution in [0.3, 0.4) is 0 Å². The van der Waals surface area contributed by atoms with Crippen LogP contribution in [0.1, 0.15) is 32.6 Å². The molecule has 0 atom stereocenters. The third-order valence-corrected chi connectivity index (χ3v) is 1.23. The first kappa shape index (κ1) is 10.1. The van der Waals surface area contributed by atoms with Crippen molar-refractivity contribution in [3.63, 3.8) is 0 Å². The van der Waals surface area contributed by atoms with Gasteiger partial charge in [0.25, 0.3) is 0 Å². The molecule has 0 fully saturated rings. The average Bonchev–Trinajstić information content (AvgIpc) is 1.99. The molecular weight excluding hydrogens is 144 g/mol. The molecule has 0 unspecified atom stereocenters. The van der Waals surface area contributed by atoms with E-state index >= 15 is 0 Å². The number of unbranched alkanes of at least 4 members (excludes halogenated alkanes) is 2. The number of hydrogen-bond donors (Lipinski definition) is 0. The van der Waals surface area contributed by atoms with Gasteiger partial charge in [0.2, 0.25) is 6.29 Å². The lowest BCUT2D eigenvalue weighted by Crippen LogP contribution is -2.05. The van der Waals surface area contributed by atoms with Gasteiger partial charge in [0.1, 0.15) is 6.42 Å². The summed E-state index contributed by atoms with van der Waals surface area (Å²) in [6.45, 7) is 2.50. The summed E-state index contributed by atoms with van der Waals surface area (Å²) in [5.74, 6) is -0.476. The van der Waals surface area contributed by atoms with Crippen molar-refractivity contribution in [1.29, 1.82) is 0 Å². The summed E-state index contributed by atoms with van der Waals surface area (Å²) in [5.41, 5.74) is 0. The summed E-state index contributed by atoms with van der Waals surface area (Å²) in [7, 11) is 0. The summed E-state index contributed by atoms with van der Waals surface area (Å²) in [4.78, 5) is 20.2. The minimum absolute atomic E-state index is 0.244. The van der Waals surface area contributed by atoms with Crippen LogP contribution in [0.5, 0.6) is 0 Å². The molecule has 0 aliphatic rings. The highest BCUT2D eigenvalue weighted by molar-refractivity contribution is 5.83. The molecule has 63 valence electrons. The van der Waals surface area contributed by atoms with E-state index in [1.54, 1.807) is 0 Å². The Balaban J connectivity index is 3.10. The minimum Gasteiger partial charge on any atom is -0.465 e. The van der Waals surface area contributed by atoms with E-state index in [1.807, 2.05) is 0 Å². The van der Waals surface area contributed by atoms with E-state index < -0.39 is 5.97 Å². The van der Waals surface area contributed by atoms with Crippen LogP contribution < -0.4 is 0 Å². The fourth-order valence-corrected chi connectivity index (χ4v) is 0.648. The molecule has 0 spiro atoms. The van der Waals surface area contributed by atoms with Gasteiger partial charge in [-0.1, -0.05) is 19.8 Å². The number of rotatable bonds is 6. The van der Waals surface area contributed by atoms with Crippen LogP contribution in [0.2, 0.25) is 0 Å². The van der Waals surface area contributed by atoms with Crippen LogP contribution >= 0.6 is 0 Å². The van der Waals surface area contributed by atoms with E-state index in [9.17, 15) is 9.59 Å². The van der Waals surface area contributed by atoms with Crippen molar-refractivity contribution in [2.75, 3.05) is 6.61 Å². The number of ether oxygens (including phenoxy) is 1. The van der Waals surface area contributed by atoms with Crippen molar-refractivity contribution in [2.24, 2.45) is 0 Å². The average molecular weight is 157 g/mol. The molecule has 0 saturated carbocycles. The minimum atomic E-state index is -0.476. The summed E-state index contributed by atoms with van der Waals surface area (Å²) < 4.78 is 4.68. The van der Waals surface area contributed by atoms with Gasteiger partial charge in [0.05, 0.1) is 6.61 Å². The predicted molar refractivity (Wildman–Crippen MR) is 40.8 cm³/mol. The van der Waals surface area contributed by atoms with E-state index in [2.05, 4.69) is 11.7 Å². The van der Waals surface area contributed by atoms with Gasteiger partial charge in [-0.2, -0.15) is 0 Å². The van der Waals surface area contributed by atoms with Gasteiger partial charge in [0.15, 0.2) is 0 Å². The Labute approximate surface area is 66.7 Å². The third kappa shape index (κ3) is 7.03. The van der Waals surface area contributed by atoms with Crippen molar-refractivity contribution in [3.05, 3.63) is 0 Å². The highest BCUT2D eigenvalue weighted by Gasteiger charge is 1.99. The second-order valence-electron chi connectivity index (χ2n) is 2.25. The molecule has 3 heteroatoms. The third-order valence-electron chi connectivity index (χ3n) is 1.23. The zero-order valence-electron chi connectivity index (χ0n) is 6.76. The second kappa shape index (κ2) is 7.25. The maximum Gasteiger partial charge on any atom is 0.313 e. The first-order valence-electron chi connectivity index (χ1n) is 3.82. The molecule has 0 heterocycles. The molecule has 0 rings (SSSR count). The Morgan fingerprint density at radius 2 is 2.18 bits per heavy atom. The molecule has 0 N–H and O–H groups in total. The largest absolute Gasteiger partial charge is 0.465 e. The van der Waals surface area contributed by atoms with Crippen molar-refractivity contribution in [1.82, 2.24) is 0 Å². The molecule has 0 aromatic carbocycles. The lowest BCUT2D eigenvalue weighted by molar-refractivity contribution is -0.142. The highest BCUT2D eigenvalue weighted by atomic mass is 16.5. The number of carbonyl (C=O) groups excluding carboxylic acids is 2. The van der Waals surface area contributed by atoms with Gasteiger partial charge in [-0.05, 0) is 6.42 Å². The van der Waals surface area contributed by atoms with Crippen molar-refractivity contribution < 1.29 is 14.3 Å². The molecule has 0 aromatic rings. The summed E-state index contributed by atoms with van der Waals surface area (Å²) >= 11 is 0. The van der Waals surface area contributed by atoms with Crippen LogP contribution in [0, 0.1) is 0 Å². The van der Waals surface area contributed by atoms with Gasteiger partial charge in [-0.15, -0.1) is 0 Å². The molecule has 0 aromatic heterocycles. The molecule has 0 bridgehead atoms. The Morgan fingerprint density at radius 1 is 1.45 bits per heavy atom. The lowest BCUT2D eigenvalue weighted by Gasteiger charge is -1.99. The predicted octanol–water partition coefficient (Wildman–Crippen LogP) is 1.22. The Bertz CT molecular complexity index is 121. The first-order chi connectivity index (χ1) is 5.31. The van der Waals surface area contributed by atoms with Crippen LogP contribution in [-0.2, 0) is 14.3 Å². The van der Waals surface area contributed by atoms with Crippen LogP contribution in [0.25, 0.3) is 0 Å². The van der Waals surface area contributed by atoms with E-state index in [0.29, 0.717) is 6.61 Å². The van der Waals surface area contributed by atoms with E-state index in [-0.39, 0.29) is 6.42 Å². The second-order valence-corrected chi connectivity index (χ2v) is 2.25. The lowest BCUT2D eigenvalue weighted by atomic mass is 10.3. The smallest absolute Gasteiger partial charge is 0.313 e. The quantitative estimate of drug-likeness (QED) is 0.331. The van der Waals surface area contributed by atoms with Crippen molar-refractivity contribution >= 4 is 12.3 Å². The molecular formula is C8H13O3. The van der Waals surface area contributed by atoms with E-state index in [1.165, 1.54) is 6.29 Å². The van der Waals surface area contributed by atoms with Gasteiger partial charge >= 0.3 is 5.97 Å². The molecule has 0 saturated heterocycles. The molecule has 0 aliphatic carbocycles. The normalized spacial score (nSPS) is 9.18. The maximum atomic E-state index is 10.5. The van der Waals surface area contributed by atoms with Crippen LogP contribution in [0.4, 0.5) is 0 Å². The Kier molecular flexibility index (Phi) is 6.68. The first-order valence-corrected chi connectivity index (χ1v) is 3.82. The highest BCUT2D eigenvalue weighted by Crippen LogP contribution is 1.94. The Hall–Kier alpha value is -0.860. The SMILES string of the molecule is CCCCCOC(=O)C[C]=O. The number of carbonyl (C=O) groups is 1. The molecule has 1 radical (unpaired) electrons. The monoisotopic (exact) mass is 157 g/mol. The van der Waals surface area contributed by atoms with Crippen LogP contribution in [-0.4, -0.2) is 18.9 Å². The number of esters is 1. The zero-order valence-corrected chi connectivity index (χ0v) is 6.76. The van der Waals surface area contributed by atoms with Crippen molar-refractivity contribution in [2.45, 2.75) is 32.6 Å². The fraction of sp³-hybridized carbons (Fsp3) is 0.750. The van der Waals surface area contributed by atoms with Gasteiger partial charge in [-0.25, -0.2) is 0 Å². The van der Waals surface area contributed by atoms with E-state index in [4.69, 9.17) is 0 Å². The molecule has 0 amide bonds. The van der Waals surface area contributed by atoms with E-state index in [0.717, 1.165) is 19.3 Å².